The van der Waals surface area contributed by atoms with Crippen molar-refractivity contribution in [2.75, 3.05) is 19.6 Å². The monoisotopic (exact) mass is 270 g/mol. The van der Waals surface area contributed by atoms with Crippen molar-refractivity contribution in [3.05, 3.63) is 0 Å². The van der Waals surface area contributed by atoms with Gasteiger partial charge in [0.15, 0.2) is 0 Å². The van der Waals surface area contributed by atoms with E-state index in [9.17, 15) is 19.8 Å². The number of carbonyl (C=O) groups is 2. The molecule has 2 fully saturated rings. The lowest BCUT2D eigenvalue weighted by Crippen LogP contribution is -2.58. The van der Waals surface area contributed by atoms with Gasteiger partial charge in [-0.1, -0.05) is 6.92 Å². The Hall–Kier alpha value is -1.30. The molecule has 0 aliphatic carbocycles. The third-order valence-corrected chi connectivity index (χ3v) is 4.37. The van der Waals surface area contributed by atoms with Crippen LogP contribution in [0.15, 0.2) is 0 Å². The van der Waals surface area contributed by atoms with Crippen molar-refractivity contribution in [2.24, 2.45) is 0 Å². The predicted molar refractivity (Wildman–Crippen MR) is 68.8 cm³/mol. The second-order valence-corrected chi connectivity index (χ2v) is 5.47. The molecule has 2 rings (SSSR count). The number of urea groups is 1. The number of likely N-dealkylation sites (tertiary alicyclic amines) is 2. The van der Waals surface area contributed by atoms with E-state index in [2.05, 4.69) is 0 Å². The number of carbonyl (C=O) groups excluding carboxylic acids is 1. The molecule has 6 heteroatoms. The summed E-state index contributed by atoms with van der Waals surface area (Å²) in [7, 11) is 0. The first kappa shape index (κ1) is 14.1. The van der Waals surface area contributed by atoms with E-state index < -0.39 is 17.6 Å². The predicted octanol–water partition coefficient (Wildman–Crippen LogP) is 0.892. The lowest BCUT2D eigenvalue weighted by molar-refractivity contribution is -0.148. The van der Waals surface area contributed by atoms with E-state index in [1.807, 2.05) is 6.92 Å². The summed E-state index contributed by atoms with van der Waals surface area (Å²) in [5, 5.41) is 19.1. The Morgan fingerprint density at radius 2 is 2.05 bits per heavy atom. The molecule has 2 atom stereocenters. The molecule has 0 aromatic heterocycles. The number of β-amino-alcohol motifs (C(OH)–C–C–N with tert-alkyl or cyclic N) is 1. The minimum atomic E-state index is -1.06. The maximum Gasteiger partial charge on any atom is 0.329 e. The zero-order valence-corrected chi connectivity index (χ0v) is 11.3. The van der Waals surface area contributed by atoms with E-state index in [1.165, 1.54) is 4.90 Å². The van der Waals surface area contributed by atoms with Crippen LogP contribution in [-0.4, -0.2) is 63.3 Å². The molecule has 2 N–H and O–H groups in total. The standard InChI is InChI=1S/C13H22N2O4/c1-2-13(11(17)18)6-4-8-15(13)12(19)14-7-3-5-10(16)9-14/h10,16H,2-9H2,1H3,(H,17,18). The van der Waals surface area contributed by atoms with Gasteiger partial charge >= 0.3 is 12.0 Å². The van der Waals surface area contributed by atoms with Crippen LogP contribution in [0.4, 0.5) is 4.79 Å². The van der Waals surface area contributed by atoms with Crippen molar-refractivity contribution >= 4 is 12.0 Å². The van der Waals surface area contributed by atoms with Crippen LogP contribution in [0.1, 0.15) is 39.0 Å². The number of nitrogens with zero attached hydrogens (tertiary/aromatic N) is 2. The van der Waals surface area contributed by atoms with Gasteiger partial charge in [-0.3, -0.25) is 0 Å². The highest BCUT2D eigenvalue weighted by atomic mass is 16.4. The Bertz CT molecular complexity index is 374. The quantitative estimate of drug-likeness (QED) is 0.781. The number of carboxylic acid groups (broad SMARTS) is 1. The van der Waals surface area contributed by atoms with Gasteiger partial charge in [0.1, 0.15) is 5.54 Å². The molecule has 0 saturated carbocycles. The van der Waals surface area contributed by atoms with Crippen LogP contribution in [0.25, 0.3) is 0 Å². The maximum atomic E-state index is 12.5. The number of rotatable bonds is 2. The Morgan fingerprint density at radius 1 is 1.32 bits per heavy atom. The first-order chi connectivity index (χ1) is 9.01. The zero-order valence-electron chi connectivity index (χ0n) is 11.3. The number of hydrogen-bond donors (Lipinski definition) is 2. The summed E-state index contributed by atoms with van der Waals surface area (Å²) in [5.41, 5.74) is -1.06. The third-order valence-electron chi connectivity index (χ3n) is 4.37. The molecule has 0 aromatic rings. The van der Waals surface area contributed by atoms with Crippen LogP contribution in [0, 0.1) is 0 Å². The number of hydrogen-bond acceptors (Lipinski definition) is 3. The highest BCUT2D eigenvalue weighted by molar-refractivity contribution is 5.87. The van der Waals surface area contributed by atoms with Crippen molar-refractivity contribution in [3.63, 3.8) is 0 Å². The van der Waals surface area contributed by atoms with E-state index in [-0.39, 0.29) is 6.03 Å². The normalized spacial score (nSPS) is 31.6. The van der Waals surface area contributed by atoms with Gasteiger partial charge in [0.2, 0.25) is 0 Å². The van der Waals surface area contributed by atoms with Gasteiger partial charge in [-0.15, -0.1) is 0 Å². The number of aliphatic hydroxyl groups excluding tert-OH is 1. The van der Waals surface area contributed by atoms with Gasteiger partial charge < -0.3 is 20.0 Å². The fourth-order valence-corrected chi connectivity index (χ4v) is 3.20. The number of aliphatic carboxylic acids is 1. The lowest BCUT2D eigenvalue weighted by atomic mass is 9.93. The molecule has 19 heavy (non-hydrogen) atoms. The van der Waals surface area contributed by atoms with Crippen LogP contribution >= 0.6 is 0 Å². The molecule has 2 saturated heterocycles. The summed E-state index contributed by atoms with van der Waals surface area (Å²) < 4.78 is 0. The third kappa shape index (κ3) is 2.41. The molecule has 0 bridgehead atoms. The number of piperidine rings is 1. The van der Waals surface area contributed by atoms with E-state index in [0.717, 1.165) is 12.8 Å². The molecule has 2 unspecified atom stereocenters. The Balaban J connectivity index is 2.15. The first-order valence-electron chi connectivity index (χ1n) is 6.99. The van der Waals surface area contributed by atoms with Gasteiger partial charge in [0.25, 0.3) is 0 Å². The second-order valence-electron chi connectivity index (χ2n) is 5.47. The summed E-state index contributed by atoms with van der Waals surface area (Å²) in [4.78, 5) is 27.1. The van der Waals surface area contributed by atoms with Gasteiger partial charge in [-0.05, 0) is 32.1 Å². The fourth-order valence-electron chi connectivity index (χ4n) is 3.20. The highest BCUT2D eigenvalue weighted by Crippen LogP contribution is 2.34. The van der Waals surface area contributed by atoms with Crippen molar-refractivity contribution in [1.82, 2.24) is 9.80 Å². The van der Waals surface area contributed by atoms with E-state index >= 15 is 0 Å². The van der Waals surface area contributed by atoms with Crippen LogP contribution in [0.2, 0.25) is 0 Å². The minimum Gasteiger partial charge on any atom is -0.479 e. The summed E-state index contributed by atoms with van der Waals surface area (Å²) in [5.74, 6) is -0.918. The van der Waals surface area contributed by atoms with Crippen LogP contribution in [0.5, 0.6) is 0 Å². The highest BCUT2D eigenvalue weighted by Gasteiger charge is 2.49. The molecule has 2 aliphatic heterocycles. The summed E-state index contributed by atoms with van der Waals surface area (Å²) in [6, 6.07) is -0.236. The number of aliphatic hydroxyl groups is 1. The van der Waals surface area contributed by atoms with Gasteiger partial charge in [-0.25, -0.2) is 9.59 Å². The van der Waals surface area contributed by atoms with E-state index in [1.54, 1.807) is 4.90 Å². The van der Waals surface area contributed by atoms with E-state index in [4.69, 9.17) is 0 Å². The average Bonchev–Trinajstić information content (AvgIpc) is 2.82. The fraction of sp³-hybridized carbons (Fsp3) is 0.846. The molecule has 0 aromatic carbocycles. The van der Waals surface area contributed by atoms with Crippen molar-refractivity contribution in [2.45, 2.75) is 50.7 Å². The molecule has 108 valence electrons. The summed E-state index contributed by atoms with van der Waals surface area (Å²) in [6.07, 6.45) is 2.66. The average molecular weight is 270 g/mol. The number of carboxylic acids is 1. The zero-order chi connectivity index (χ0) is 14.0. The SMILES string of the molecule is CCC1(C(=O)O)CCCN1C(=O)N1CCCC(O)C1. The molecular formula is C13H22N2O4. The van der Waals surface area contributed by atoms with Crippen molar-refractivity contribution in [1.29, 1.82) is 0 Å². The van der Waals surface area contributed by atoms with Gasteiger partial charge in [0.05, 0.1) is 6.10 Å². The van der Waals surface area contributed by atoms with Crippen molar-refractivity contribution in [3.8, 4) is 0 Å². The van der Waals surface area contributed by atoms with Crippen molar-refractivity contribution < 1.29 is 19.8 Å². The molecule has 0 radical (unpaired) electrons. The molecule has 2 heterocycles. The smallest absolute Gasteiger partial charge is 0.329 e. The topological polar surface area (TPSA) is 81.1 Å². The first-order valence-corrected chi connectivity index (χ1v) is 6.99. The maximum absolute atomic E-state index is 12.5. The van der Waals surface area contributed by atoms with Gasteiger partial charge in [-0.2, -0.15) is 0 Å². The number of amides is 2. The largest absolute Gasteiger partial charge is 0.479 e. The van der Waals surface area contributed by atoms with Gasteiger partial charge in [0, 0.05) is 19.6 Å². The van der Waals surface area contributed by atoms with E-state index in [0.29, 0.717) is 38.9 Å². The summed E-state index contributed by atoms with van der Waals surface area (Å²) in [6.45, 7) is 3.22. The molecule has 0 spiro atoms. The molecule has 6 nitrogen and oxygen atoms in total. The summed E-state index contributed by atoms with van der Waals surface area (Å²) >= 11 is 0. The second kappa shape index (κ2) is 5.36. The Labute approximate surface area is 113 Å². The van der Waals surface area contributed by atoms with Crippen LogP contribution < -0.4 is 0 Å². The van der Waals surface area contributed by atoms with Crippen LogP contribution in [-0.2, 0) is 4.79 Å². The lowest BCUT2D eigenvalue weighted by Gasteiger charge is -2.39. The Kier molecular flexibility index (Phi) is 3.99. The van der Waals surface area contributed by atoms with Crippen LogP contribution in [0.3, 0.4) is 0 Å². The molecular weight excluding hydrogens is 248 g/mol. The minimum absolute atomic E-state index is 0.236. The molecule has 2 amide bonds. The Morgan fingerprint density at radius 3 is 2.63 bits per heavy atom. The molecule has 2 aliphatic rings.